The summed E-state index contributed by atoms with van der Waals surface area (Å²) in [7, 11) is 0. The second-order valence-corrected chi connectivity index (χ2v) is 5.50. The smallest absolute Gasteiger partial charge is 0.550 e. The van der Waals surface area contributed by atoms with E-state index in [1.54, 1.807) is 24.3 Å². The van der Waals surface area contributed by atoms with E-state index in [2.05, 4.69) is 0 Å². The Labute approximate surface area is 170 Å². The van der Waals surface area contributed by atoms with Gasteiger partial charge in [0.15, 0.2) is 0 Å². The normalized spacial score (nSPS) is 9.19. The summed E-state index contributed by atoms with van der Waals surface area (Å²) in [5.74, 6) is -3.29. The third kappa shape index (κ3) is 12.4. The molecule has 0 unspecified atom stereocenters. The van der Waals surface area contributed by atoms with Gasteiger partial charge in [0.1, 0.15) is 11.6 Å². The van der Waals surface area contributed by atoms with Crippen LogP contribution in [0.2, 0.25) is 0 Å². The Bertz CT molecular complexity index is 678. The minimum atomic E-state index is -1.32. The molecule has 0 amide bonds. The van der Waals surface area contributed by atoms with Crippen LogP contribution >= 0.6 is 0 Å². The van der Waals surface area contributed by atoms with Gasteiger partial charge in [-0.3, -0.25) is 9.59 Å². The van der Waals surface area contributed by atoms with E-state index in [0.717, 1.165) is 11.1 Å². The van der Waals surface area contributed by atoms with Crippen molar-refractivity contribution < 1.29 is 49.8 Å². The standard InChI is InChI=1S/2C10H10O3.Pd/c2*11-9(7-10(12)13)6-8-4-2-1-3-5-8;/h2*1-5H,6-7H2,(H,12,13);/q;;+2/p-2. The maximum absolute atomic E-state index is 11.0. The predicted octanol–water partition coefficient (Wildman–Crippen LogP) is -0.126. The molecule has 0 spiro atoms. The number of hydrogen-bond acceptors (Lipinski definition) is 6. The van der Waals surface area contributed by atoms with Crippen LogP contribution in [0.4, 0.5) is 0 Å². The number of carboxylic acid groups (broad SMARTS) is 2. The number of carbonyl (C=O) groups excluding carboxylic acids is 4. The maximum atomic E-state index is 11.0. The number of aliphatic carboxylic acids is 2. The van der Waals surface area contributed by atoms with Crippen LogP contribution in [0.25, 0.3) is 0 Å². The molecule has 0 fully saturated rings. The minimum absolute atomic E-state index is 0. The summed E-state index contributed by atoms with van der Waals surface area (Å²) in [6, 6.07) is 18.0. The number of ketones is 2. The Balaban J connectivity index is 0.000000483. The summed E-state index contributed by atoms with van der Waals surface area (Å²) in [6.45, 7) is 0. The van der Waals surface area contributed by atoms with Gasteiger partial charge in [-0.05, 0) is 11.1 Å². The van der Waals surface area contributed by atoms with E-state index in [4.69, 9.17) is 0 Å². The number of benzene rings is 2. The van der Waals surface area contributed by atoms with Crippen molar-refractivity contribution in [2.24, 2.45) is 0 Å². The van der Waals surface area contributed by atoms with Crippen molar-refractivity contribution in [1.82, 2.24) is 0 Å². The third-order valence-electron chi connectivity index (χ3n) is 3.17. The van der Waals surface area contributed by atoms with Gasteiger partial charge in [-0.1, -0.05) is 60.7 Å². The van der Waals surface area contributed by atoms with E-state index in [1.807, 2.05) is 36.4 Å². The largest absolute Gasteiger partial charge is 2.00 e. The Hall–Kier alpha value is -2.62. The molecule has 0 aliphatic rings. The number of Topliss-reactive ketones (excluding diaryl/α,β-unsaturated/α-hetero) is 2. The average Bonchev–Trinajstić information content (AvgIpc) is 2.55. The van der Waals surface area contributed by atoms with Gasteiger partial charge < -0.3 is 19.8 Å². The summed E-state index contributed by atoms with van der Waals surface area (Å²) in [6.07, 6.45) is -0.687. The topological polar surface area (TPSA) is 114 Å². The van der Waals surface area contributed by atoms with Gasteiger partial charge in [0.05, 0.1) is 0 Å². The molecule has 0 N–H and O–H groups in total. The summed E-state index contributed by atoms with van der Waals surface area (Å²) in [5, 5.41) is 20.1. The molecule has 0 aromatic heterocycles. The molecule has 0 atom stereocenters. The quantitative estimate of drug-likeness (QED) is 0.400. The first kappa shape index (κ1) is 24.4. The van der Waals surface area contributed by atoms with E-state index >= 15 is 0 Å². The molecule has 0 aliphatic heterocycles. The van der Waals surface area contributed by atoms with Gasteiger partial charge in [-0.2, -0.15) is 0 Å². The fourth-order valence-electron chi connectivity index (χ4n) is 2.09. The van der Waals surface area contributed by atoms with Gasteiger partial charge in [0, 0.05) is 37.6 Å². The number of carbonyl (C=O) groups is 4. The first-order chi connectivity index (χ1) is 12.4. The van der Waals surface area contributed by atoms with Crippen molar-refractivity contribution >= 4 is 23.5 Å². The van der Waals surface area contributed by atoms with Crippen LogP contribution in [0.5, 0.6) is 0 Å². The van der Waals surface area contributed by atoms with Crippen LogP contribution in [0, 0.1) is 0 Å². The Kier molecular flexibility index (Phi) is 12.3. The number of carboxylic acids is 2. The van der Waals surface area contributed by atoms with Crippen molar-refractivity contribution in [1.29, 1.82) is 0 Å². The average molecular weight is 461 g/mol. The second kappa shape index (κ2) is 13.6. The third-order valence-corrected chi connectivity index (χ3v) is 3.17. The Morgan fingerprint density at radius 3 is 1.15 bits per heavy atom. The maximum Gasteiger partial charge on any atom is 2.00 e. The van der Waals surface area contributed by atoms with Gasteiger partial charge in [0.2, 0.25) is 0 Å². The van der Waals surface area contributed by atoms with E-state index in [0.29, 0.717) is 0 Å². The van der Waals surface area contributed by atoms with E-state index in [-0.39, 0.29) is 44.8 Å². The van der Waals surface area contributed by atoms with Crippen LogP contribution in [0.3, 0.4) is 0 Å². The molecule has 0 radical (unpaired) electrons. The molecular weight excluding hydrogens is 443 g/mol. The molecule has 0 aliphatic carbocycles. The summed E-state index contributed by atoms with van der Waals surface area (Å²) in [5.41, 5.74) is 1.66. The minimum Gasteiger partial charge on any atom is -0.550 e. The Morgan fingerprint density at radius 1 is 0.593 bits per heavy atom. The Morgan fingerprint density at radius 2 is 0.889 bits per heavy atom. The van der Waals surface area contributed by atoms with Crippen LogP contribution in [-0.4, -0.2) is 23.5 Å². The van der Waals surface area contributed by atoms with Crippen molar-refractivity contribution in [2.45, 2.75) is 25.7 Å². The zero-order valence-electron chi connectivity index (χ0n) is 14.4. The van der Waals surface area contributed by atoms with Crippen LogP contribution in [-0.2, 0) is 52.4 Å². The van der Waals surface area contributed by atoms with Gasteiger partial charge >= 0.3 is 20.4 Å². The zero-order valence-corrected chi connectivity index (χ0v) is 15.9. The SMILES string of the molecule is O=C([O-])CC(=O)Cc1ccccc1.O=C([O-])CC(=O)Cc1ccccc1.[Pd+2]. The molecular formula is C20H18O6Pd. The van der Waals surface area contributed by atoms with Crippen LogP contribution < -0.4 is 10.2 Å². The fraction of sp³-hybridized carbons (Fsp3) is 0.200. The predicted molar refractivity (Wildman–Crippen MR) is 89.6 cm³/mol. The number of rotatable bonds is 8. The number of hydrogen-bond donors (Lipinski definition) is 0. The first-order valence-corrected chi connectivity index (χ1v) is 7.87. The molecule has 6 nitrogen and oxygen atoms in total. The molecule has 144 valence electrons. The molecule has 0 heterocycles. The summed E-state index contributed by atoms with van der Waals surface area (Å²) < 4.78 is 0. The fourth-order valence-corrected chi connectivity index (χ4v) is 2.09. The van der Waals surface area contributed by atoms with E-state index in [1.165, 1.54) is 0 Å². The van der Waals surface area contributed by atoms with E-state index < -0.39 is 24.8 Å². The summed E-state index contributed by atoms with van der Waals surface area (Å²) >= 11 is 0. The summed E-state index contributed by atoms with van der Waals surface area (Å²) in [4.78, 5) is 42.1. The first-order valence-electron chi connectivity index (χ1n) is 7.87. The molecule has 0 saturated carbocycles. The van der Waals surface area contributed by atoms with Crippen molar-refractivity contribution in [3.05, 3.63) is 71.8 Å². The molecule has 2 aromatic carbocycles. The van der Waals surface area contributed by atoms with Crippen LogP contribution in [0.15, 0.2) is 60.7 Å². The van der Waals surface area contributed by atoms with Crippen molar-refractivity contribution in [3.63, 3.8) is 0 Å². The van der Waals surface area contributed by atoms with Gasteiger partial charge in [-0.15, -0.1) is 0 Å². The molecule has 0 bridgehead atoms. The van der Waals surface area contributed by atoms with Gasteiger partial charge in [0.25, 0.3) is 0 Å². The molecule has 0 saturated heterocycles. The van der Waals surface area contributed by atoms with Crippen molar-refractivity contribution in [3.8, 4) is 0 Å². The monoisotopic (exact) mass is 460 g/mol. The van der Waals surface area contributed by atoms with E-state index in [9.17, 15) is 29.4 Å². The van der Waals surface area contributed by atoms with Gasteiger partial charge in [-0.25, -0.2) is 0 Å². The second-order valence-electron chi connectivity index (χ2n) is 5.50. The van der Waals surface area contributed by atoms with Crippen LogP contribution in [0.1, 0.15) is 24.0 Å². The zero-order chi connectivity index (χ0) is 19.4. The molecule has 27 heavy (non-hydrogen) atoms. The molecule has 7 heteroatoms. The molecule has 2 aromatic rings. The molecule has 2 rings (SSSR count). The van der Waals surface area contributed by atoms with Crippen molar-refractivity contribution in [2.75, 3.05) is 0 Å².